The summed E-state index contributed by atoms with van der Waals surface area (Å²) in [6, 6.07) is 6.01. The van der Waals surface area contributed by atoms with Crippen LogP contribution >= 0.6 is 0 Å². The Hall–Kier alpha value is -1.05. The standard InChI is InChI=1S/C9H10FO/c1-7(2)11-9-5-3-4-8(10)6-9/h3-7H,1H2,2H3. The van der Waals surface area contributed by atoms with Gasteiger partial charge in [0.1, 0.15) is 11.6 Å². The number of hydrogen-bond donors (Lipinski definition) is 0. The summed E-state index contributed by atoms with van der Waals surface area (Å²) in [6.45, 7) is 5.42. The molecule has 1 rings (SSSR count). The first kappa shape index (κ1) is 8.05. The van der Waals surface area contributed by atoms with Gasteiger partial charge in [0, 0.05) is 6.07 Å². The van der Waals surface area contributed by atoms with Crippen molar-refractivity contribution >= 4 is 0 Å². The van der Waals surface area contributed by atoms with Gasteiger partial charge in [0.25, 0.3) is 0 Å². The van der Waals surface area contributed by atoms with E-state index in [1.807, 2.05) is 0 Å². The third-order valence-corrected chi connectivity index (χ3v) is 1.13. The van der Waals surface area contributed by atoms with Gasteiger partial charge in [-0.1, -0.05) is 6.07 Å². The van der Waals surface area contributed by atoms with E-state index in [2.05, 4.69) is 6.92 Å². The highest BCUT2D eigenvalue weighted by Crippen LogP contribution is 2.12. The molecule has 0 fully saturated rings. The molecule has 11 heavy (non-hydrogen) atoms. The topological polar surface area (TPSA) is 9.23 Å². The smallest absolute Gasteiger partial charge is 0.126 e. The zero-order valence-corrected chi connectivity index (χ0v) is 6.38. The normalized spacial score (nSPS) is 10.2. The van der Waals surface area contributed by atoms with Gasteiger partial charge in [-0.2, -0.15) is 0 Å². The van der Waals surface area contributed by atoms with Crippen molar-refractivity contribution in [1.82, 2.24) is 0 Å². The molecule has 1 atom stereocenters. The molecule has 0 saturated carbocycles. The molecule has 0 heterocycles. The molecule has 1 aromatic carbocycles. The van der Waals surface area contributed by atoms with Crippen LogP contribution in [0, 0.1) is 12.7 Å². The zero-order chi connectivity index (χ0) is 8.27. The molecule has 0 aromatic heterocycles. The number of rotatable bonds is 2. The van der Waals surface area contributed by atoms with E-state index in [4.69, 9.17) is 4.74 Å². The summed E-state index contributed by atoms with van der Waals surface area (Å²) in [5.41, 5.74) is 0. The molecule has 0 amide bonds. The van der Waals surface area contributed by atoms with Crippen LogP contribution in [0.15, 0.2) is 24.3 Å². The fourth-order valence-electron chi connectivity index (χ4n) is 0.773. The van der Waals surface area contributed by atoms with Gasteiger partial charge in [0.15, 0.2) is 0 Å². The fourth-order valence-corrected chi connectivity index (χ4v) is 0.773. The van der Waals surface area contributed by atoms with E-state index in [1.165, 1.54) is 12.1 Å². The zero-order valence-electron chi connectivity index (χ0n) is 6.38. The minimum Gasteiger partial charge on any atom is -0.491 e. The van der Waals surface area contributed by atoms with Crippen molar-refractivity contribution in [3.63, 3.8) is 0 Å². The van der Waals surface area contributed by atoms with E-state index in [0.29, 0.717) is 5.75 Å². The Kier molecular flexibility index (Phi) is 2.47. The minimum atomic E-state index is -0.289. The van der Waals surface area contributed by atoms with Crippen molar-refractivity contribution in [3.8, 4) is 5.75 Å². The summed E-state index contributed by atoms with van der Waals surface area (Å²) in [4.78, 5) is 0. The molecule has 0 aliphatic carbocycles. The first-order chi connectivity index (χ1) is 5.18. The van der Waals surface area contributed by atoms with Gasteiger partial charge in [-0.05, 0) is 26.0 Å². The quantitative estimate of drug-likeness (QED) is 0.634. The number of hydrogen-bond acceptors (Lipinski definition) is 1. The van der Waals surface area contributed by atoms with Gasteiger partial charge in [0.2, 0.25) is 0 Å². The average Bonchev–Trinajstić information content (AvgIpc) is 1.85. The Morgan fingerprint density at radius 1 is 1.55 bits per heavy atom. The van der Waals surface area contributed by atoms with Gasteiger partial charge in [-0.25, -0.2) is 4.39 Å². The van der Waals surface area contributed by atoms with Gasteiger partial charge < -0.3 is 4.74 Å². The monoisotopic (exact) mass is 153 g/mol. The third kappa shape index (κ3) is 2.58. The van der Waals surface area contributed by atoms with Crippen LogP contribution in [-0.4, -0.2) is 6.10 Å². The molecular weight excluding hydrogens is 143 g/mol. The predicted molar refractivity (Wildman–Crippen MR) is 41.8 cm³/mol. The molecule has 1 unspecified atom stereocenters. The molecule has 1 nitrogen and oxygen atoms in total. The summed E-state index contributed by atoms with van der Waals surface area (Å²) in [5, 5.41) is 0. The summed E-state index contributed by atoms with van der Waals surface area (Å²) < 4.78 is 17.7. The molecule has 0 aliphatic rings. The SMILES string of the molecule is [CH2]C(C)Oc1cccc(F)c1. The summed E-state index contributed by atoms with van der Waals surface area (Å²) in [5.74, 6) is 0.232. The molecule has 1 radical (unpaired) electrons. The molecule has 1 aromatic rings. The Labute approximate surface area is 65.8 Å². The number of ether oxygens (including phenoxy) is 1. The maximum atomic E-state index is 12.5. The average molecular weight is 153 g/mol. The van der Waals surface area contributed by atoms with Crippen LogP contribution in [0.4, 0.5) is 4.39 Å². The minimum absolute atomic E-state index is 0.156. The van der Waals surface area contributed by atoms with Crippen LogP contribution in [0.2, 0.25) is 0 Å². The first-order valence-corrected chi connectivity index (χ1v) is 3.44. The second kappa shape index (κ2) is 3.37. The summed E-state index contributed by atoms with van der Waals surface area (Å²) in [7, 11) is 0. The van der Waals surface area contributed by atoms with E-state index in [0.717, 1.165) is 0 Å². The molecule has 0 spiro atoms. The Morgan fingerprint density at radius 2 is 2.27 bits per heavy atom. The predicted octanol–water partition coefficient (Wildman–Crippen LogP) is 2.43. The molecule has 0 bridgehead atoms. The highest BCUT2D eigenvalue weighted by atomic mass is 19.1. The fraction of sp³-hybridized carbons (Fsp3) is 0.222. The maximum absolute atomic E-state index is 12.5. The third-order valence-electron chi connectivity index (χ3n) is 1.13. The van der Waals surface area contributed by atoms with Crippen molar-refractivity contribution in [3.05, 3.63) is 37.0 Å². The highest BCUT2D eigenvalue weighted by Gasteiger charge is 1.97. The van der Waals surface area contributed by atoms with E-state index in [9.17, 15) is 4.39 Å². The lowest BCUT2D eigenvalue weighted by Gasteiger charge is -2.08. The largest absolute Gasteiger partial charge is 0.491 e. The van der Waals surface area contributed by atoms with Gasteiger partial charge in [0.05, 0.1) is 6.10 Å². The lowest BCUT2D eigenvalue weighted by Crippen LogP contribution is -2.05. The van der Waals surface area contributed by atoms with Crippen LogP contribution in [0.25, 0.3) is 0 Å². The Bertz CT molecular complexity index is 233. The summed E-state index contributed by atoms with van der Waals surface area (Å²) in [6.07, 6.45) is -0.156. The molecule has 0 aliphatic heterocycles. The Balaban J connectivity index is 2.71. The first-order valence-electron chi connectivity index (χ1n) is 3.44. The van der Waals surface area contributed by atoms with Crippen molar-refractivity contribution in [2.75, 3.05) is 0 Å². The van der Waals surface area contributed by atoms with Crippen LogP contribution in [0.5, 0.6) is 5.75 Å². The molecule has 0 N–H and O–H groups in total. The Morgan fingerprint density at radius 3 is 2.82 bits per heavy atom. The molecule has 0 saturated heterocycles. The van der Waals surface area contributed by atoms with Crippen molar-refractivity contribution < 1.29 is 9.13 Å². The number of halogens is 1. The van der Waals surface area contributed by atoms with Crippen molar-refractivity contribution in [2.45, 2.75) is 13.0 Å². The van der Waals surface area contributed by atoms with Crippen LogP contribution < -0.4 is 4.74 Å². The second-order valence-corrected chi connectivity index (χ2v) is 2.39. The van der Waals surface area contributed by atoms with E-state index < -0.39 is 0 Å². The molecular formula is C9H10FO. The van der Waals surface area contributed by atoms with Gasteiger partial charge in [-0.15, -0.1) is 0 Å². The number of benzene rings is 1. The van der Waals surface area contributed by atoms with E-state index in [1.54, 1.807) is 19.1 Å². The second-order valence-electron chi connectivity index (χ2n) is 2.39. The van der Waals surface area contributed by atoms with Crippen molar-refractivity contribution in [2.24, 2.45) is 0 Å². The van der Waals surface area contributed by atoms with Crippen LogP contribution in [-0.2, 0) is 0 Å². The lowest BCUT2D eigenvalue weighted by atomic mass is 10.3. The van der Waals surface area contributed by atoms with E-state index in [-0.39, 0.29) is 11.9 Å². The molecule has 2 heteroatoms. The lowest BCUT2D eigenvalue weighted by molar-refractivity contribution is 0.266. The highest BCUT2D eigenvalue weighted by molar-refractivity contribution is 5.22. The van der Waals surface area contributed by atoms with Crippen LogP contribution in [0.1, 0.15) is 6.92 Å². The van der Waals surface area contributed by atoms with Crippen LogP contribution in [0.3, 0.4) is 0 Å². The van der Waals surface area contributed by atoms with Crippen molar-refractivity contribution in [1.29, 1.82) is 0 Å². The van der Waals surface area contributed by atoms with Gasteiger partial charge >= 0.3 is 0 Å². The molecule has 59 valence electrons. The summed E-state index contributed by atoms with van der Waals surface area (Å²) >= 11 is 0. The van der Waals surface area contributed by atoms with Gasteiger partial charge in [-0.3, -0.25) is 0 Å². The van der Waals surface area contributed by atoms with E-state index >= 15 is 0 Å². The maximum Gasteiger partial charge on any atom is 0.126 e.